The van der Waals surface area contributed by atoms with Crippen molar-refractivity contribution >= 4 is 21.6 Å². The van der Waals surface area contributed by atoms with E-state index in [1.165, 1.54) is 12.1 Å². The molecular weight excluding hydrogens is 421 g/mol. The summed E-state index contributed by atoms with van der Waals surface area (Å²) in [4.78, 5) is 11.5. The Kier molecular flexibility index (Phi) is 6.67. The first kappa shape index (κ1) is 22.1. The molecule has 2 aromatic rings. The Bertz CT molecular complexity index is 989. The van der Waals surface area contributed by atoms with Gasteiger partial charge in [0.2, 0.25) is 0 Å². The number of ether oxygens (including phenoxy) is 1. The highest BCUT2D eigenvalue weighted by Crippen LogP contribution is 2.36. The monoisotopic (exact) mass is 442 g/mol. The first-order valence-corrected chi connectivity index (χ1v) is 10.8. The smallest absolute Gasteiger partial charge is 0.384 e. The molecule has 0 spiro atoms. The van der Waals surface area contributed by atoms with E-state index in [0.717, 1.165) is 25.0 Å². The number of anilines is 1. The summed E-state index contributed by atoms with van der Waals surface area (Å²) in [5, 5.41) is 2.78. The maximum atomic E-state index is 13.6. The summed E-state index contributed by atoms with van der Waals surface area (Å²) in [6.07, 6.45) is -3.29. The number of hydrogen-bond donors (Lipinski definition) is 2. The fourth-order valence-corrected chi connectivity index (χ4v) is 4.11. The summed E-state index contributed by atoms with van der Waals surface area (Å²) >= 11 is 0. The van der Waals surface area contributed by atoms with Gasteiger partial charge in [0.25, 0.3) is 15.9 Å². The zero-order valence-corrected chi connectivity index (χ0v) is 16.7. The molecule has 1 heterocycles. The Balaban J connectivity index is 1.81. The number of rotatable bonds is 6. The summed E-state index contributed by atoms with van der Waals surface area (Å²) in [6, 6.07) is 10.2. The highest BCUT2D eigenvalue weighted by Gasteiger charge is 2.35. The number of benzene rings is 2. The molecule has 1 fully saturated rings. The van der Waals surface area contributed by atoms with E-state index in [-0.39, 0.29) is 17.2 Å². The predicted octanol–water partition coefficient (Wildman–Crippen LogP) is 3.66. The van der Waals surface area contributed by atoms with Crippen LogP contribution in [0.2, 0.25) is 0 Å². The Hall–Kier alpha value is -2.59. The Morgan fingerprint density at radius 1 is 1.07 bits per heavy atom. The number of nitrogens with one attached hydrogen (secondary N) is 2. The predicted molar refractivity (Wildman–Crippen MR) is 105 cm³/mol. The van der Waals surface area contributed by atoms with Gasteiger partial charge >= 0.3 is 6.18 Å². The molecule has 0 atom stereocenters. The molecule has 1 aliphatic heterocycles. The van der Waals surface area contributed by atoms with Crippen LogP contribution in [-0.2, 0) is 20.9 Å². The lowest BCUT2D eigenvalue weighted by Crippen LogP contribution is -2.31. The zero-order chi connectivity index (χ0) is 21.8. The summed E-state index contributed by atoms with van der Waals surface area (Å²) in [5.74, 6) is -0.751. The van der Waals surface area contributed by atoms with Crippen molar-refractivity contribution < 1.29 is 31.1 Å². The van der Waals surface area contributed by atoms with Crippen LogP contribution >= 0.6 is 0 Å². The van der Waals surface area contributed by atoms with Gasteiger partial charge in [-0.2, -0.15) is 13.2 Å². The number of carbonyl (C=O) groups excluding carboxylic acids is 1. The van der Waals surface area contributed by atoms with Gasteiger partial charge in [0.1, 0.15) is 0 Å². The van der Waals surface area contributed by atoms with Crippen molar-refractivity contribution in [1.82, 2.24) is 4.72 Å². The van der Waals surface area contributed by atoms with E-state index in [1.54, 1.807) is 22.9 Å². The molecule has 162 valence electrons. The lowest BCUT2D eigenvalue weighted by Gasteiger charge is -2.24. The van der Waals surface area contributed by atoms with E-state index in [1.807, 2.05) is 0 Å². The molecular formula is C20H21F3N2O4S. The molecule has 0 saturated carbocycles. The van der Waals surface area contributed by atoms with Gasteiger partial charge in [-0.15, -0.1) is 0 Å². The standard InChI is InChI=1S/C20H21F3N2O4S/c21-20(22,23)17-12-16(6-7-18(17)24-13-14-8-10-29-11-9-14)30(27,28)25-19(26)15-4-2-1-3-5-15/h1-7,12,14,24H,8-11,13H2,(H,25,26). The number of amides is 1. The van der Waals surface area contributed by atoms with Crippen LogP contribution in [-0.4, -0.2) is 34.1 Å². The van der Waals surface area contributed by atoms with Crippen LogP contribution in [0.25, 0.3) is 0 Å². The van der Waals surface area contributed by atoms with E-state index >= 15 is 0 Å². The lowest BCUT2D eigenvalue weighted by atomic mass is 10.00. The van der Waals surface area contributed by atoms with Gasteiger partial charge in [-0.25, -0.2) is 13.1 Å². The van der Waals surface area contributed by atoms with E-state index in [2.05, 4.69) is 5.32 Å². The first-order valence-electron chi connectivity index (χ1n) is 9.32. The van der Waals surface area contributed by atoms with Gasteiger partial charge in [0, 0.05) is 31.0 Å². The number of carbonyl (C=O) groups is 1. The van der Waals surface area contributed by atoms with Gasteiger partial charge in [-0.05, 0) is 49.1 Å². The van der Waals surface area contributed by atoms with Gasteiger partial charge in [0.15, 0.2) is 0 Å². The average molecular weight is 442 g/mol. The molecule has 6 nitrogen and oxygen atoms in total. The molecule has 1 saturated heterocycles. The highest BCUT2D eigenvalue weighted by molar-refractivity contribution is 7.90. The lowest BCUT2D eigenvalue weighted by molar-refractivity contribution is -0.137. The fourth-order valence-electron chi connectivity index (χ4n) is 3.11. The topological polar surface area (TPSA) is 84.5 Å². The maximum absolute atomic E-state index is 13.6. The number of alkyl halides is 3. The molecule has 1 amide bonds. The molecule has 0 unspecified atom stereocenters. The van der Waals surface area contributed by atoms with E-state index < -0.39 is 32.6 Å². The summed E-state index contributed by atoms with van der Waals surface area (Å²) in [5.41, 5.74) is -1.24. The van der Waals surface area contributed by atoms with Crippen molar-refractivity contribution in [2.24, 2.45) is 5.92 Å². The van der Waals surface area contributed by atoms with Crippen molar-refractivity contribution in [3.63, 3.8) is 0 Å². The highest BCUT2D eigenvalue weighted by atomic mass is 32.2. The second-order valence-corrected chi connectivity index (χ2v) is 8.62. The number of hydrogen-bond acceptors (Lipinski definition) is 5. The third-order valence-electron chi connectivity index (χ3n) is 4.79. The maximum Gasteiger partial charge on any atom is 0.418 e. The second-order valence-electron chi connectivity index (χ2n) is 6.94. The van der Waals surface area contributed by atoms with Crippen LogP contribution < -0.4 is 10.0 Å². The molecule has 2 aromatic carbocycles. The van der Waals surface area contributed by atoms with Crippen molar-refractivity contribution in [1.29, 1.82) is 0 Å². The van der Waals surface area contributed by atoms with Crippen LogP contribution in [0.5, 0.6) is 0 Å². The molecule has 0 radical (unpaired) electrons. The van der Waals surface area contributed by atoms with Crippen LogP contribution in [0.3, 0.4) is 0 Å². The van der Waals surface area contributed by atoms with Crippen molar-refractivity contribution in [3.05, 3.63) is 59.7 Å². The Morgan fingerprint density at radius 2 is 1.73 bits per heavy atom. The fraction of sp³-hybridized carbons (Fsp3) is 0.350. The first-order chi connectivity index (χ1) is 14.2. The molecule has 30 heavy (non-hydrogen) atoms. The molecule has 2 N–H and O–H groups in total. The molecule has 0 bridgehead atoms. The normalized spacial score (nSPS) is 15.6. The van der Waals surface area contributed by atoms with Crippen molar-refractivity contribution in [2.45, 2.75) is 23.9 Å². The third-order valence-corrected chi connectivity index (χ3v) is 6.12. The van der Waals surface area contributed by atoms with Crippen molar-refractivity contribution in [3.8, 4) is 0 Å². The number of halogens is 3. The Morgan fingerprint density at radius 3 is 2.37 bits per heavy atom. The summed E-state index contributed by atoms with van der Waals surface area (Å²) < 4.78 is 72.7. The second kappa shape index (κ2) is 9.05. The minimum absolute atomic E-state index is 0.0758. The third kappa shape index (κ3) is 5.51. The minimum atomic E-state index is -4.77. The van der Waals surface area contributed by atoms with Gasteiger partial charge in [-0.3, -0.25) is 4.79 Å². The van der Waals surface area contributed by atoms with E-state index in [0.29, 0.717) is 25.8 Å². The minimum Gasteiger partial charge on any atom is -0.384 e. The van der Waals surface area contributed by atoms with Crippen LogP contribution in [0.4, 0.5) is 18.9 Å². The summed E-state index contributed by atoms with van der Waals surface area (Å²) in [6.45, 7) is 1.46. The SMILES string of the molecule is O=C(NS(=O)(=O)c1ccc(NCC2CCOCC2)c(C(F)(F)F)c1)c1ccccc1. The molecule has 0 aliphatic carbocycles. The molecule has 1 aliphatic rings. The zero-order valence-electron chi connectivity index (χ0n) is 15.9. The molecule has 0 aromatic heterocycles. The van der Waals surface area contributed by atoms with Gasteiger partial charge < -0.3 is 10.1 Å². The largest absolute Gasteiger partial charge is 0.418 e. The quantitative estimate of drug-likeness (QED) is 0.713. The average Bonchev–Trinajstić information content (AvgIpc) is 2.72. The van der Waals surface area contributed by atoms with Gasteiger partial charge in [-0.1, -0.05) is 18.2 Å². The van der Waals surface area contributed by atoms with Gasteiger partial charge in [0.05, 0.1) is 10.5 Å². The van der Waals surface area contributed by atoms with E-state index in [4.69, 9.17) is 4.74 Å². The van der Waals surface area contributed by atoms with Crippen LogP contribution in [0.1, 0.15) is 28.8 Å². The van der Waals surface area contributed by atoms with Crippen LogP contribution in [0.15, 0.2) is 53.4 Å². The Labute approximate surface area is 172 Å². The van der Waals surface area contributed by atoms with Crippen LogP contribution in [0, 0.1) is 5.92 Å². The van der Waals surface area contributed by atoms with E-state index in [9.17, 15) is 26.4 Å². The van der Waals surface area contributed by atoms with Crippen molar-refractivity contribution in [2.75, 3.05) is 25.1 Å². The summed E-state index contributed by atoms with van der Waals surface area (Å²) in [7, 11) is -4.49. The molecule has 10 heteroatoms. The number of sulfonamides is 1. The molecule has 3 rings (SSSR count).